The van der Waals surface area contributed by atoms with Crippen molar-refractivity contribution < 1.29 is 9.13 Å². The first-order valence-corrected chi connectivity index (χ1v) is 7.04. The zero-order chi connectivity index (χ0) is 14.5. The average molecular weight is 339 g/mol. The van der Waals surface area contributed by atoms with Gasteiger partial charge in [0.1, 0.15) is 11.6 Å². The zero-order valence-corrected chi connectivity index (χ0v) is 13.0. The van der Waals surface area contributed by atoms with Crippen LogP contribution in [0.4, 0.5) is 4.39 Å². The van der Waals surface area contributed by atoms with Gasteiger partial charge < -0.3 is 10.1 Å². The summed E-state index contributed by atoms with van der Waals surface area (Å²) >= 11 is 3.41. The molecule has 0 saturated carbocycles. The summed E-state index contributed by atoms with van der Waals surface area (Å²) in [6, 6.07) is 8.43. The van der Waals surface area contributed by atoms with Gasteiger partial charge in [-0.05, 0) is 30.7 Å². The summed E-state index contributed by atoms with van der Waals surface area (Å²) in [5.41, 5.74) is 2.69. The normalized spacial score (nSPS) is 10.6. The van der Waals surface area contributed by atoms with Gasteiger partial charge in [-0.1, -0.05) is 15.9 Å². The van der Waals surface area contributed by atoms with Gasteiger partial charge in [0, 0.05) is 35.4 Å². The monoisotopic (exact) mass is 338 g/mol. The standard InChI is InChI=1S/C15H16BrFN2O/c1-10-5-14(20-2)7-13(19-10)9-18-8-11-6-12(17)3-4-15(11)16/h3-7,18H,8-9H2,1-2H3. The summed E-state index contributed by atoms with van der Waals surface area (Å²) in [6.07, 6.45) is 0. The van der Waals surface area contributed by atoms with Crippen molar-refractivity contribution in [3.05, 3.63) is 57.6 Å². The Labute approximate surface area is 126 Å². The van der Waals surface area contributed by atoms with Gasteiger partial charge in [0.2, 0.25) is 0 Å². The van der Waals surface area contributed by atoms with Crippen LogP contribution in [0, 0.1) is 12.7 Å². The molecular formula is C15H16BrFN2O. The molecule has 0 amide bonds. The van der Waals surface area contributed by atoms with Crippen LogP contribution in [0.15, 0.2) is 34.8 Å². The third kappa shape index (κ3) is 4.02. The Morgan fingerprint density at radius 3 is 2.80 bits per heavy atom. The van der Waals surface area contributed by atoms with E-state index in [1.54, 1.807) is 13.2 Å². The van der Waals surface area contributed by atoms with E-state index in [1.807, 2.05) is 19.1 Å². The largest absolute Gasteiger partial charge is 0.497 e. The highest BCUT2D eigenvalue weighted by Gasteiger charge is 2.03. The number of aryl methyl sites for hydroxylation is 1. The van der Waals surface area contributed by atoms with E-state index in [0.29, 0.717) is 13.1 Å². The molecule has 106 valence electrons. The molecule has 0 spiro atoms. The predicted molar refractivity (Wildman–Crippen MR) is 80.2 cm³/mol. The van der Waals surface area contributed by atoms with E-state index in [4.69, 9.17) is 4.74 Å². The molecule has 3 nitrogen and oxygen atoms in total. The van der Waals surface area contributed by atoms with Crippen LogP contribution in [0.5, 0.6) is 5.75 Å². The molecule has 1 heterocycles. The maximum atomic E-state index is 13.2. The van der Waals surface area contributed by atoms with E-state index in [0.717, 1.165) is 27.2 Å². The van der Waals surface area contributed by atoms with Gasteiger partial charge in [-0.25, -0.2) is 4.39 Å². The molecule has 0 radical (unpaired) electrons. The fourth-order valence-electron chi connectivity index (χ4n) is 1.92. The van der Waals surface area contributed by atoms with Crippen LogP contribution in [0.25, 0.3) is 0 Å². The van der Waals surface area contributed by atoms with Crippen LogP contribution in [-0.2, 0) is 13.1 Å². The fourth-order valence-corrected chi connectivity index (χ4v) is 2.30. The Kier molecular flexibility index (Phi) is 5.09. The number of ether oxygens (including phenoxy) is 1. The molecule has 2 rings (SSSR count). The second-order valence-electron chi connectivity index (χ2n) is 4.48. The molecule has 0 bridgehead atoms. The quantitative estimate of drug-likeness (QED) is 0.904. The molecule has 0 aliphatic rings. The minimum atomic E-state index is -0.236. The van der Waals surface area contributed by atoms with E-state index in [9.17, 15) is 4.39 Å². The summed E-state index contributed by atoms with van der Waals surface area (Å²) in [5, 5.41) is 3.25. The Bertz CT molecular complexity index is 604. The van der Waals surface area contributed by atoms with E-state index in [-0.39, 0.29) is 5.82 Å². The van der Waals surface area contributed by atoms with Crippen LogP contribution >= 0.6 is 15.9 Å². The summed E-state index contributed by atoms with van der Waals surface area (Å²) in [5.74, 6) is 0.557. The molecule has 0 aliphatic carbocycles. The molecule has 1 aromatic carbocycles. The lowest BCUT2D eigenvalue weighted by Crippen LogP contribution is -2.14. The number of nitrogens with one attached hydrogen (secondary N) is 1. The van der Waals surface area contributed by atoms with E-state index >= 15 is 0 Å². The fraction of sp³-hybridized carbons (Fsp3) is 0.267. The molecule has 2 aromatic rings. The maximum Gasteiger partial charge on any atom is 0.123 e. The van der Waals surface area contributed by atoms with Gasteiger partial charge >= 0.3 is 0 Å². The second-order valence-corrected chi connectivity index (χ2v) is 5.33. The third-order valence-electron chi connectivity index (χ3n) is 2.85. The second kappa shape index (κ2) is 6.81. The Hall–Kier alpha value is -1.46. The molecule has 0 saturated heterocycles. The molecule has 0 fully saturated rings. The predicted octanol–water partition coefficient (Wildman–Crippen LogP) is 3.59. The number of hydrogen-bond donors (Lipinski definition) is 1. The van der Waals surface area contributed by atoms with Crippen molar-refractivity contribution in [3.8, 4) is 5.75 Å². The zero-order valence-electron chi connectivity index (χ0n) is 11.4. The first kappa shape index (κ1) is 14.9. The van der Waals surface area contributed by atoms with Gasteiger partial charge in [0.15, 0.2) is 0 Å². The van der Waals surface area contributed by atoms with Crippen molar-refractivity contribution in [1.29, 1.82) is 0 Å². The lowest BCUT2D eigenvalue weighted by molar-refractivity contribution is 0.412. The summed E-state index contributed by atoms with van der Waals surface area (Å²) in [4.78, 5) is 4.42. The van der Waals surface area contributed by atoms with Gasteiger partial charge in [0.25, 0.3) is 0 Å². The minimum Gasteiger partial charge on any atom is -0.497 e. The lowest BCUT2D eigenvalue weighted by Gasteiger charge is -2.09. The summed E-state index contributed by atoms with van der Waals surface area (Å²) in [7, 11) is 1.63. The molecule has 0 aliphatic heterocycles. The molecule has 5 heteroatoms. The van der Waals surface area contributed by atoms with Crippen LogP contribution in [0.1, 0.15) is 17.0 Å². The van der Waals surface area contributed by atoms with Crippen LogP contribution in [0.2, 0.25) is 0 Å². The van der Waals surface area contributed by atoms with Crippen molar-refractivity contribution in [1.82, 2.24) is 10.3 Å². The number of halogens is 2. The van der Waals surface area contributed by atoms with E-state index in [2.05, 4.69) is 26.2 Å². The number of aromatic nitrogens is 1. The molecule has 0 atom stereocenters. The number of rotatable bonds is 5. The van der Waals surface area contributed by atoms with Gasteiger partial charge in [0.05, 0.1) is 12.8 Å². The maximum absolute atomic E-state index is 13.2. The number of methoxy groups -OCH3 is 1. The topological polar surface area (TPSA) is 34.1 Å². The Morgan fingerprint density at radius 1 is 1.25 bits per heavy atom. The van der Waals surface area contributed by atoms with Crippen molar-refractivity contribution in [2.45, 2.75) is 20.0 Å². The summed E-state index contributed by atoms with van der Waals surface area (Å²) < 4.78 is 19.3. The molecule has 20 heavy (non-hydrogen) atoms. The van der Waals surface area contributed by atoms with Gasteiger partial charge in [-0.3, -0.25) is 4.98 Å². The molecule has 0 unspecified atom stereocenters. The SMILES string of the molecule is COc1cc(C)nc(CNCc2cc(F)ccc2Br)c1. The number of benzene rings is 1. The van der Waals surface area contributed by atoms with E-state index < -0.39 is 0 Å². The Morgan fingerprint density at radius 2 is 2.05 bits per heavy atom. The first-order valence-electron chi connectivity index (χ1n) is 6.24. The van der Waals surface area contributed by atoms with Crippen molar-refractivity contribution >= 4 is 15.9 Å². The highest BCUT2D eigenvalue weighted by Crippen LogP contribution is 2.18. The third-order valence-corrected chi connectivity index (χ3v) is 3.62. The smallest absolute Gasteiger partial charge is 0.123 e. The van der Waals surface area contributed by atoms with Crippen molar-refractivity contribution in [2.75, 3.05) is 7.11 Å². The molecular weight excluding hydrogens is 323 g/mol. The molecule has 1 aromatic heterocycles. The number of pyridine rings is 1. The Balaban J connectivity index is 1.99. The average Bonchev–Trinajstić information content (AvgIpc) is 2.42. The molecule has 1 N–H and O–H groups in total. The summed E-state index contributed by atoms with van der Waals surface area (Å²) in [6.45, 7) is 3.09. The van der Waals surface area contributed by atoms with Crippen LogP contribution in [-0.4, -0.2) is 12.1 Å². The first-order chi connectivity index (χ1) is 9.58. The van der Waals surface area contributed by atoms with Crippen molar-refractivity contribution in [2.24, 2.45) is 0 Å². The highest BCUT2D eigenvalue weighted by atomic mass is 79.9. The van der Waals surface area contributed by atoms with Crippen LogP contribution < -0.4 is 10.1 Å². The number of nitrogens with zero attached hydrogens (tertiary/aromatic N) is 1. The van der Waals surface area contributed by atoms with Gasteiger partial charge in [-0.15, -0.1) is 0 Å². The van der Waals surface area contributed by atoms with Gasteiger partial charge in [-0.2, -0.15) is 0 Å². The van der Waals surface area contributed by atoms with Crippen LogP contribution in [0.3, 0.4) is 0 Å². The van der Waals surface area contributed by atoms with E-state index in [1.165, 1.54) is 12.1 Å². The minimum absolute atomic E-state index is 0.236. The lowest BCUT2D eigenvalue weighted by atomic mass is 10.2. The number of hydrogen-bond acceptors (Lipinski definition) is 3. The highest BCUT2D eigenvalue weighted by molar-refractivity contribution is 9.10. The van der Waals surface area contributed by atoms with Crippen molar-refractivity contribution in [3.63, 3.8) is 0 Å².